The lowest BCUT2D eigenvalue weighted by Gasteiger charge is -2.20. The Hall–Kier alpha value is -3.20. The number of anilines is 1. The summed E-state index contributed by atoms with van der Waals surface area (Å²) in [4.78, 5) is 0. The van der Waals surface area contributed by atoms with Gasteiger partial charge in [-0.25, -0.2) is 12.8 Å². The van der Waals surface area contributed by atoms with E-state index in [0.29, 0.717) is 27.9 Å². The Morgan fingerprint density at radius 3 is 2.35 bits per heavy atom. The molecule has 0 aliphatic rings. The molecule has 3 aromatic rings. The van der Waals surface area contributed by atoms with Crippen molar-refractivity contribution in [3.05, 3.63) is 77.6 Å². The maximum atomic E-state index is 14.2. The van der Waals surface area contributed by atoms with Crippen LogP contribution in [0, 0.1) is 5.82 Å². The van der Waals surface area contributed by atoms with Gasteiger partial charge < -0.3 is 15.2 Å². The van der Waals surface area contributed by atoms with Crippen LogP contribution in [0.5, 0.6) is 11.5 Å². The normalized spacial score (nSPS) is 12.5. The lowest BCUT2D eigenvalue weighted by molar-refractivity contribution is -0.0514. The van der Waals surface area contributed by atoms with Crippen LogP contribution >= 0.6 is 0 Å². The Morgan fingerprint density at radius 1 is 1.00 bits per heavy atom. The molecule has 1 unspecified atom stereocenters. The molecule has 0 fully saturated rings. The molecule has 3 aromatic carbocycles. The van der Waals surface area contributed by atoms with Gasteiger partial charge in [-0.1, -0.05) is 36.4 Å². The summed E-state index contributed by atoms with van der Waals surface area (Å²) in [5.74, 6) is -1.13. The molecule has 5 nitrogen and oxygen atoms in total. The average molecular weight is 494 g/mol. The van der Waals surface area contributed by atoms with Crippen LogP contribution in [0.4, 0.5) is 18.9 Å². The molecule has 0 aliphatic carbocycles. The minimum absolute atomic E-state index is 0.0988. The number of sulfone groups is 1. The number of nitrogen functional groups attached to an aromatic ring is 1. The molecule has 0 aromatic heterocycles. The van der Waals surface area contributed by atoms with Crippen molar-refractivity contribution in [1.29, 1.82) is 0 Å². The maximum Gasteiger partial charge on any atom is 0.387 e. The van der Waals surface area contributed by atoms with Gasteiger partial charge in [-0.3, -0.25) is 0 Å². The number of nitrogens with two attached hydrogens (primary N) is 1. The summed E-state index contributed by atoms with van der Waals surface area (Å²) in [6.45, 7) is -1.11. The molecule has 0 aliphatic heterocycles. The molecule has 0 saturated heterocycles. The third-order valence-electron chi connectivity index (χ3n) is 5.26. The van der Waals surface area contributed by atoms with Gasteiger partial charge in [-0.2, -0.15) is 8.78 Å². The van der Waals surface area contributed by atoms with Crippen molar-refractivity contribution in [2.75, 3.05) is 24.3 Å². The first kappa shape index (κ1) is 25.4. The van der Waals surface area contributed by atoms with E-state index < -0.39 is 22.4 Å². The molecule has 0 saturated carbocycles. The molecule has 182 valence electrons. The van der Waals surface area contributed by atoms with Crippen LogP contribution in [0.1, 0.15) is 24.0 Å². The van der Waals surface area contributed by atoms with E-state index in [1.165, 1.54) is 18.2 Å². The molecule has 9 heteroatoms. The van der Waals surface area contributed by atoms with Gasteiger partial charge in [-0.15, -0.1) is 0 Å². The van der Waals surface area contributed by atoms with Gasteiger partial charge in [-0.05, 0) is 54.3 Å². The van der Waals surface area contributed by atoms with E-state index in [2.05, 4.69) is 4.74 Å². The molecular weight excluding hydrogens is 467 g/mol. The van der Waals surface area contributed by atoms with Crippen molar-refractivity contribution in [1.82, 2.24) is 0 Å². The van der Waals surface area contributed by atoms with Gasteiger partial charge >= 0.3 is 6.61 Å². The monoisotopic (exact) mass is 493 g/mol. The molecule has 0 radical (unpaired) electrons. The largest absolute Gasteiger partial charge is 0.490 e. The van der Waals surface area contributed by atoms with Gasteiger partial charge in [0, 0.05) is 23.4 Å². The summed E-state index contributed by atoms with van der Waals surface area (Å²) in [6, 6.07) is 15.8. The van der Waals surface area contributed by atoms with Crippen molar-refractivity contribution in [2.45, 2.75) is 25.9 Å². The fourth-order valence-electron chi connectivity index (χ4n) is 3.79. The predicted molar refractivity (Wildman–Crippen MR) is 127 cm³/mol. The van der Waals surface area contributed by atoms with E-state index in [1.54, 1.807) is 49.4 Å². The number of rotatable bonds is 10. The number of alkyl halides is 2. The smallest absolute Gasteiger partial charge is 0.387 e. The standard InChI is InChI=1S/C25H26F3NO4S/c1-3-32-24-14-16(10-11-23(24)33-25(27)28)19(15-34(2,30)31)12-18-9-8-17(13-22(18)29)20-6-4-5-7-21(20)26/h4-11,13-14,19,25H,3,12,15,29H2,1-2H3. The quantitative estimate of drug-likeness (QED) is 0.380. The number of ether oxygens (including phenoxy) is 2. The number of hydrogen-bond donors (Lipinski definition) is 1. The van der Waals surface area contributed by atoms with Gasteiger partial charge in [0.15, 0.2) is 11.5 Å². The van der Waals surface area contributed by atoms with Crippen molar-refractivity contribution in [3.63, 3.8) is 0 Å². The molecule has 0 amide bonds. The number of halogens is 3. The third-order valence-corrected chi connectivity index (χ3v) is 6.26. The van der Waals surface area contributed by atoms with Crippen molar-refractivity contribution in [3.8, 4) is 22.6 Å². The fraction of sp³-hybridized carbons (Fsp3) is 0.280. The highest BCUT2D eigenvalue weighted by Gasteiger charge is 2.22. The van der Waals surface area contributed by atoms with E-state index in [1.807, 2.05) is 0 Å². The summed E-state index contributed by atoms with van der Waals surface area (Å²) in [7, 11) is -3.40. The first-order valence-electron chi connectivity index (χ1n) is 10.6. The molecule has 3 rings (SSSR count). The SMILES string of the molecule is CCOc1cc(C(Cc2ccc(-c3ccccc3F)cc2N)CS(C)(=O)=O)ccc1OC(F)F. The Bertz CT molecular complexity index is 1250. The van der Waals surface area contributed by atoms with Crippen LogP contribution in [0.3, 0.4) is 0 Å². The molecule has 0 spiro atoms. The van der Waals surface area contributed by atoms with Crippen LogP contribution in [-0.2, 0) is 16.3 Å². The molecule has 2 N–H and O–H groups in total. The third kappa shape index (κ3) is 6.66. The van der Waals surface area contributed by atoms with Crippen LogP contribution in [-0.4, -0.2) is 33.6 Å². The summed E-state index contributed by atoms with van der Waals surface area (Å²) < 4.78 is 73.9. The average Bonchev–Trinajstić information content (AvgIpc) is 2.75. The van der Waals surface area contributed by atoms with Gasteiger partial charge in [0.2, 0.25) is 0 Å². The van der Waals surface area contributed by atoms with Crippen LogP contribution < -0.4 is 15.2 Å². The van der Waals surface area contributed by atoms with Crippen LogP contribution in [0.25, 0.3) is 11.1 Å². The van der Waals surface area contributed by atoms with E-state index in [9.17, 15) is 21.6 Å². The van der Waals surface area contributed by atoms with Crippen LogP contribution in [0.15, 0.2) is 60.7 Å². The molecular formula is C25H26F3NO4S. The lowest BCUT2D eigenvalue weighted by Crippen LogP contribution is -2.17. The van der Waals surface area contributed by atoms with Gasteiger partial charge in [0.05, 0.1) is 12.4 Å². The zero-order valence-corrected chi connectivity index (χ0v) is 19.6. The highest BCUT2D eigenvalue weighted by Crippen LogP contribution is 2.35. The van der Waals surface area contributed by atoms with Crippen molar-refractivity contribution in [2.24, 2.45) is 0 Å². The van der Waals surface area contributed by atoms with Gasteiger partial charge in [0.25, 0.3) is 0 Å². The Morgan fingerprint density at radius 2 is 1.74 bits per heavy atom. The second kappa shape index (κ2) is 10.8. The Labute approximate surface area is 197 Å². The first-order chi connectivity index (χ1) is 16.1. The number of hydrogen-bond acceptors (Lipinski definition) is 5. The van der Waals surface area contributed by atoms with E-state index >= 15 is 0 Å². The molecule has 1 atom stereocenters. The van der Waals surface area contributed by atoms with Gasteiger partial charge in [0.1, 0.15) is 15.7 Å². The fourth-order valence-corrected chi connectivity index (χ4v) is 4.83. The summed E-state index contributed by atoms with van der Waals surface area (Å²) in [6.07, 6.45) is 1.39. The first-order valence-corrected chi connectivity index (χ1v) is 12.7. The lowest BCUT2D eigenvalue weighted by atomic mass is 9.91. The van der Waals surface area contributed by atoms with E-state index in [0.717, 1.165) is 6.26 Å². The Kier molecular flexibility index (Phi) is 8.09. The zero-order valence-electron chi connectivity index (χ0n) is 18.8. The number of benzene rings is 3. The zero-order chi connectivity index (χ0) is 24.9. The maximum absolute atomic E-state index is 14.2. The summed E-state index contributed by atoms with van der Waals surface area (Å²) >= 11 is 0. The Balaban J connectivity index is 1.96. The molecule has 34 heavy (non-hydrogen) atoms. The minimum atomic E-state index is -3.40. The molecule has 0 bridgehead atoms. The highest BCUT2D eigenvalue weighted by molar-refractivity contribution is 7.90. The highest BCUT2D eigenvalue weighted by atomic mass is 32.2. The summed E-state index contributed by atoms with van der Waals surface area (Å²) in [5.41, 5.74) is 8.91. The minimum Gasteiger partial charge on any atom is -0.490 e. The van der Waals surface area contributed by atoms with E-state index in [4.69, 9.17) is 10.5 Å². The summed E-state index contributed by atoms with van der Waals surface area (Å²) in [5, 5.41) is 0. The second-order valence-corrected chi connectivity index (χ2v) is 10.1. The van der Waals surface area contributed by atoms with Crippen LogP contribution in [0.2, 0.25) is 0 Å². The van der Waals surface area contributed by atoms with Crippen molar-refractivity contribution >= 4 is 15.5 Å². The topological polar surface area (TPSA) is 78.6 Å². The predicted octanol–water partition coefficient (Wildman–Crippen LogP) is 5.45. The van der Waals surface area contributed by atoms with Crippen molar-refractivity contribution < 1.29 is 31.1 Å². The second-order valence-electron chi connectivity index (χ2n) is 7.90. The molecule has 0 heterocycles. The van der Waals surface area contributed by atoms with E-state index in [-0.39, 0.29) is 36.1 Å².